The first kappa shape index (κ1) is 16.7. The van der Waals surface area contributed by atoms with Gasteiger partial charge in [0.25, 0.3) is 11.8 Å². The third kappa shape index (κ3) is 2.89. The van der Waals surface area contributed by atoms with Crippen LogP contribution in [0.2, 0.25) is 0 Å². The molecule has 3 amide bonds. The largest absolute Gasteiger partial charge is 0.324 e. The summed E-state index contributed by atoms with van der Waals surface area (Å²) < 4.78 is 0. The van der Waals surface area contributed by atoms with E-state index in [-0.39, 0.29) is 12.1 Å². The highest BCUT2D eigenvalue weighted by Crippen LogP contribution is 2.23. The van der Waals surface area contributed by atoms with Gasteiger partial charge in [-0.25, -0.2) is 0 Å². The van der Waals surface area contributed by atoms with Crippen LogP contribution in [0.3, 0.4) is 0 Å². The number of anilines is 1. The highest BCUT2D eigenvalue weighted by Gasteiger charge is 2.36. The van der Waals surface area contributed by atoms with Crippen LogP contribution in [0.4, 0.5) is 5.69 Å². The smallest absolute Gasteiger partial charge is 0.262 e. The van der Waals surface area contributed by atoms with Gasteiger partial charge in [-0.15, -0.1) is 0 Å². The van der Waals surface area contributed by atoms with Crippen molar-refractivity contribution < 1.29 is 14.4 Å². The van der Waals surface area contributed by atoms with Gasteiger partial charge in [-0.05, 0) is 36.8 Å². The summed E-state index contributed by atoms with van der Waals surface area (Å²) in [6, 6.07) is 13.1. The van der Waals surface area contributed by atoms with Crippen molar-refractivity contribution in [3.63, 3.8) is 0 Å². The van der Waals surface area contributed by atoms with E-state index in [1.54, 1.807) is 42.5 Å². The summed E-state index contributed by atoms with van der Waals surface area (Å²) in [7, 11) is 0. The van der Waals surface area contributed by atoms with Gasteiger partial charge >= 0.3 is 0 Å². The highest BCUT2D eigenvalue weighted by atomic mass is 16.2. The molecule has 0 unspecified atom stereocenters. The molecule has 3 aromatic rings. The van der Waals surface area contributed by atoms with E-state index in [9.17, 15) is 19.2 Å². The number of hydrogen-bond donors (Lipinski definition) is 2. The lowest BCUT2D eigenvalue weighted by molar-refractivity contribution is -0.116. The molecule has 7 nitrogen and oxygen atoms in total. The van der Waals surface area contributed by atoms with Gasteiger partial charge in [-0.2, -0.15) is 0 Å². The molecule has 1 aliphatic heterocycles. The fraction of sp³-hybridized carbons (Fsp3) is 0.100. The number of fused-ring (bicyclic) bond motifs is 2. The number of imide groups is 1. The molecule has 0 bridgehead atoms. The number of pyridine rings is 1. The first-order chi connectivity index (χ1) is 12.9. The Bertz CT molecular complexity index is 1140. The number of nitrogens with one attached hydrogen (secondary N) is 2. The van der Waals surface area contributed by atoms with Crippen molar-refractivity contribution in [2.45, 2.75) is 6.92 Å². The Balaban J connectivity index is 1.54. The Morgan fingerprint density at radius 3 is 2.33 bits per heavy atom. The Kier molecular flexibility index (Phi) is 3.84. The molecule has 0 saturated carbocycles. The molecule has 27 heavy (non-hydrogen) atoms. The molecule has 2 aromatic carbocycles. The number of hydrogen-bond acceptors (Lipinski definition) is 4. The third-order valence-electron chi connectivity index (χ3n) is 4.51. The molecule has 134 valence electrons. The number of aromatic nitrogens is 1. The minimum absolute atomic E-state index is 0.227. The van der Waals surface area contributed by atoms with Crippen LogP contribution in [0.5, 0.6) is 0 Å². The van der Waals surface area contributed by atoms with Crippen LogP contribution in [0.15, 0.2) is 53.3 Å². The zero-order valence-corrected chi connectivity index (χ0v) is 14.4. The van der Waals surface area contributed by atoms with Crippen LogP contribution >= 0.6 is 0 Å². The van der Waals surface area contributed by atoms with Crippen molar-refractivity contribution in [2.24, 2.45) is 0 Å². The van der Waals surface area contributed by atoms with E-state index < -0.39 is 17.7 Å². The van der Waals surface area contributed by atoms with Crippen LogP contribution < -0.4 is 10.9 Å². The van der Waals surface area contributed by atoms with E-state index in [2.05, 4.69) is 10.3 Å². The van der Waals surface area contributed by atoms with Crippen LogP contribution in [0.1, 0.15) is 26.3 Å². The molecule has 2 heterocycles. The van der Waals surface area contributed by atoms with E-state index in [0.29, 0.717) is 22.3 Å². The Hall–Kier alpha value is -3.74. The maximum atomic E-state index is 12.4. The van der Waals surface area contributed by atoms with Crippen LogP contribution in [-0.2, 0) is 4.79 Å². The van der Waals surface area contributed by atoms with E-state index in [4.69, 9.17) is 0 Å². The summed E-state index contributed by atoms with van der Waals surface area (Å²) in [5.74, 6) is -1.47. The fourth-order valence-corrected chi connectivity index (χ4v) is 3.24. The van der Waals surface area contributed by atoms with E-state index in [1.165, 1.54) is 6.07 Å². The maximum Gasteiger partial charge on any atom is 0.262 e. The molecule has 0 aliphatic carbocycles. The van der Waals surface area contributed by atoms with Crippen molar-refractivity contribution >= 4 is 34.3 Å². The Labute approximate surface area is 153 Å². The fourth-order valence-electron chi connectivity index (χ4n) is 3.24. The monoisotopic (exact) mass is 361 g/mol. The lowest BCUT2D eigenvalue weighted by Crippen LogP contribution is -2.37. The van der Waals surface area contributed by atoms with Gasteiger partial charge in [0.15, 0.2) is 0 Å². The molecule has 1 aromatic heterocycles. The van der Waals surface area contributed by atoms with Crippen molar-refractivity contribution in [1.29, 1.82) is 0 Å². The van der Waals surface area contributed by atoms with Crippen LogP contribution in [-0.4, -0.2) is 34.2 Å². The second kappa shape index (κ2) is 6.21. The van der Waals surface area contributed by atoms with Crippen molar-refractivity contribution in [3.8, 4) is 0 Å². The summed E-state index contributed by atoms with van der Waals surface area (Å²) >= 11 is 0. The quantitative estimate of drug-likeness (QED) is 0.698. The molecule has 2 N–H and O–H groups in total. The number of carbonyl (C=O) groups excluding carboxylic acids is 3. The highest BCUT2D eigenvalue weighted by molar-refractivity contribution is 6.22. The Morgan fingerprint density at radius 2 is 1.67 bits per heavy atom. The molecule has 0 spiro atoms. The van der Waals surface area contributed by atoms with Gasteiger partial charge in [-0.3, -0.25) is 24.1 Å². The molecule has 1 aliphatic rings. The SMILES string of the molecule is Cc1cc(=O)[nH]c2cc(NC(=O)CN3C(=O)c4ccccc4C3=O)ccc12. The van der Waals surface area contributed by atoms with Gasteiger partial charge in [0.1, 0.15) is 6.54 Å². The summed E-state index contributed by atoms with van der Waals surface area (Å²) in [4.78, 5) is 52.3. The van der Waals surface area contributed by atoms with Gasteiger partial charge < -0.3 is 10.3 Å². The minimum atomic E-state index is -0.501. The first-order valence-electron chi connectivity index (χ1n) is 8.33. The molecular weight excluding hydrogens is 346 g/mol. The van der Waals surface area contributed by atoms with Crippen molar-refractivity contribution in [1.82, 2.24) is 9.88 Å². The molecule has 0 saturated heterocycles. The zero-order chi connectivity index (χ0) is 19.1. The van der Waals surface area contributed by atoms with Gasteiger partial charge in [0.2, 0.25) is 11.5 Å². The first-order valence-corrected chi connectivity index (χ1v) is 8.33. The van der Waals surface area contributed by atoms with Crippen molar-refractivity contribution in [3.05, 3.63) is 75.6 Å². The van der Waals surface area contributed by atoms with E-state index in [1.807, 2.05) is 6.92 Å². The Morgan fingerprint density at radius 1 is 1.00 bits per heavy atom. The molecule has 0 fully saturated rings. The number of carbonyl (C=O) groups is 3. The summed E-state index contributed by atoms with van der Waals surface area (Å²) in [6.07, 6.45) is 0. The number of H-pyrrole nitrogens is 1. The average molecular weight is 361 g/mol. The summed E-state index contributed by atoms with van der Waals surface area (Å²) in [6.45, 7) is 1.45. The number of aromatic amines is 1. The second-order valence-corrected chi connectivity index (χ2v) is 6.37. The standard InChI is InChI=1S/C20H15N3O4/c1-11-8-17(24)22-16-9-12(6-7-13(11)16)21-18(25)10-23-19(26)14-4-2-3-5-15(14)20(23)27/h2-9H,10H2,1H3,(H,21,25)(H,22,24). The van der Waals surface area contributed by atoms with Gasteiger partial charge in [-0.1, -0.05) is 18.2 Å². The average Bonchev–Trinajstić information content (AvgIpc) is 2.86. The van der Waals surface area contributed by atoms with Crippen molar-refractivity contribution in [2.75, 3.05) is 11.9 Å². The second-order valence-electron chi connectivity index (χ2n) is 6.37. The van der Waals surface area contributed by atoms with Crippen LogP contribution in [0.25, 0.3) is 10.9 Å². The lowest BCUT2D eigenvalue weighted by Gasteiger charge is -2.14. The molecule has 4 rings (SSSR count). The summed E-state index contributed by atoms with van der Waals surface area (Å²) in [5.41, 5.74) is 2.26. The van der Waals surface area contributed by atoms with Gasteiger partial charge in [0.05, 0.1) is 16.6 Å². The predicted molar refractivity (Wildman–Crippen MR) is 99.7 cm³/mol. The molecule has 0 atom stereocenters. The molecule has 7 heteroatoms. The van der Waals surface area contributed by atoms with E-state index in [0.717, 1.165) is 15.8 Å². The molecule has 0 radical (unpaired) electrons. The summed E-state index contributed by atoms with van der Waals surface area (Å²) in [5, 5.41) is 3.53. The minimum Gasteiger partial charge on any atom is -0.324 e. The maximum absolute atomic E-state index is 12.4. The zero-order valence-electron chi connectivity index (χ0n) is 14.4. The number of nitrogens with zero attached hydrogens (tertiary/aromatic N) is 1. The number of rotatable bonds is 3. The third-order valence-corrected chi connectivity index (χ3v) is 4.51. The van der Waals surface area contributed by atoms with Crippen LogP contribution in [0, 0.1) is 6.92 Å². The van der Waals surface area contributed by atoms with E-state index >= 15 is 0 Å². The normalized spacial score (nSPS) is 13.1. The van der Waals surface area contributed by atoms with Gasteiger partial charge in [0, 0.05) is 17.1 Å². The number of benzene rings is 2. The number of aryl methyl sites for hydroxylation is 1. The number of amides is 3. The molecular formula is C20H15N3O4. The lowest BCUT2D eigenvalue weighted by atomic mass is 10.1. The topological polar surface area (TPSA) is 99.3 Å². The predicted octanol–water partition coefficient (Wildman–Crippen LogP) is 2.07.